The van der Waals surface area contributed by atoms with Crippen molar-refractivity contribution in [3.05, 3.63) is 205 Å². The van der Waals surface area contributed by atoms with Gasteiger partial charge in [-0.15, -0.1) is 0 Å². The normalized spacial score (nSPS) is 11.6. The molecule has 47 heteroatoms. The molecule has 1 saturated heterocycles. The Hall–Kier alpha value is -14.8. The number of esters is 3. The predicted molar refractivity (Wildman–Crippen MR) is 470 cm³/mol. The fourth-order valence-corrected chi connectivity index (χ4v) is 13.8. The topological polar surface area (TPSA) is 492 Å². The van der Waals surface area contributed by atoms with Gasteiger partial charge in [0.2, 0.25) is 23.8 Å². The van der Waals surface area contributed by atoms with Crippen LogP contribution in [0.4, 0.5) is 69.6 Å². The molecule has 660 valence electrons. The molecule has 0 spiro atoms. The zero-order valence-corrected chi connectivity index (χ0v) is 72.6. The molecule has 0 bridgehead atoms. The van der Waals surface area contributed by atoms with Gasteiger partial charge in [-0.25, -0.2) is 28.5 Å². The summed E-state index contributed by atoms with van der Waals surface area (Å²) in [6.07, 6.45) is 0. The van der Waals surface area contributed by atoms with Crippen molar-refractivity contribution in [3.63, 3.8) is 0 Å². The SMILES string of the molecule is COC(=O)c1ccc(Nc2cc(Nc3ccc(C(=O)OC)cc3)nc(Nc3ccc(C(=O)OC)cc3)n2)cc1.COc1cc(NS(=O)(=O)Nc2nc(NS(=O)(=O)Nc3cc(OC)cc(OC)c3)nc(NS(=O)(=O)Nc3cc(OC)cc(OC)c3)n2)cc(OC)c1.COc1ccc(B2OB(c3ccc(OC)c(OC)c3)OB(c3ccc(OC)c(OC)c3)O2)cc1OC. The van der Waals surface area contributed by atoms with E-state index in [1.165, 1.54) is 119 Å². The molecule has 126 heavy (non-hydrogen) atoms. The van der Waals surface area contributed by atoms with E-state index in [0.717, 1.165) is 16.4 Å². The fraction of sp³-hybridized carbons (Fsp3) is 0.190. The Balaban J connectivity index is 0.000000201. The van der Waals surface area contributed by atoms with Gasteiger partial charge in [-0.3, -0.25) is 14.2 Å². The molecule has 0 atom stereocenters. The lowest BCUT2D eigenvalue weighted by molar-refractivity contribution is 0.0592. The smallest absolute Gasteiger partial charge is 0.467 e. The van der Waals surface area contributed by atoms with Crippen LogP contribution in [-0.4, -0.2) is 196 Å². The Morgan fingerprint density at radius 3 is 0.730 bits per heavy atom. The standard InChI is InChI=1S/C28H25N5O6.C27H33N9O12S3.C24H27B3O9/c1-37-25(34)17-4-10-20(11-5-17)29-23-16-24(30-21-12-6-18(7-13-21)26(35)38-2)33-28(32-23)31-22-14-8-19(9-15-22)27(36)39-3;1-43-19-7-16(8-20(13-19)44-2)31-49(37,38)34-25-28-26(35-50(39,40)32-17-9-21(45-3)14-22(10-17)46-4)30-27(29-25)36-51(41,42)33-18-11-23(47-5)15-24(12-18)48-6;1-28-19-10-7-16(13-22(19)31-4)25-34-26(17-8-11-20(29-2)23(14-17)32-5)36-27(35-25)18-9-12-21(30-3)24(15-18)33-6/h4-16H,1-3H3,(H3,29,30,31,32,33);7-15,31-33H,1-6H3,(H3,28,29,30,34,35,36);7-15H,1-6H3. The minimum atomic E-state index is -4.59. The maximum Gasteiger partial charge on any atom is 0.467 e. The van der Waals surface area contributed by atoms with Crippen molar-refractivity contribution >= 4 is 156 Å². The molecule has 0 amide bonds. The van der Waals surface area contributed by atoms with Crippen molar-refractivity contribution in [1.82, 2.24) is 24.9 Å². The Bertz CT molecular complexity index is 5350. The molecule has 3 heterocycles. The van der Waals surface area contributed by atoms with Crippen molar-refractivity contribution in [2.24, 2.45) is 0 Å². The summed E-state index contributed by atoms with van der Waals surface area (Å²) in [6, 6.07) is 50.8. The molecule has 0 radical (unpaired) electrons. The average molecular weight is 1790 g/mol. The molecule has 2 aromatic heterocycles. The quantitative estimate of drug-likeness (QED) is 0.0101. The summed E-state index contributed by atoms with van der Waals surface area (Å²) in [4.78, 5) is 55.7. The lowest BCUT2D eigenvalue weighted by Gasteiger charge is -2.32. The van der Waals surface area contributed by atoms with Crippen LogP contribution in [-0.2, 0) is 58.6 Å². The van der Waals surface area contributed by atoms with E-state index in [1.54, 1.807) is 140 Å². The number of aromatic nitrogens is 5. The Kier molecular flexibility index (Phi) is 32.1. The van der Waals surface area contributed by atoms with E-state index in [1.807, 2.05) is 50.6 Å². The lowest BCUT2D eigenvalue weighted by atomic mass is 9.61. The second-order valence-corrected chi connectivity index (χ2v) is 29.8. The van der Waals surface area contributed by atoms with E-state index in [9.17, 15) is 39.6 Å². The van der Waals surface area contributed by atoms with Crippen molar-refractivity contribution in [1.29, 1.82) is 0 Å². The molecular weight excluding hydrogens is 1710 g/mol. The van der Waals surface area contributed by atoms with Crippen LogP contribution in [0.15, 0.2) is 188 Å². The number of carbonyl (C=O) groups excluding carboxylic acids is 3. The van der Waals surface area contributed by atoms with Gasteiger partial charge in [-0.2, -0.15) is 50.2 Å². The van der Waals surface area contributed by atoms with Crippen LogP contribution in [0.25, 0.3) is 0 Å². The highest BCUT2D eigenvalue weighted by atomic mass is 32.2. The molecule has 0 saturated carbocycles. The first-order valence-electron chi connectivity index (χ1n) is 36.7. The number of hydrogen-bond acceptors (Lipinski definition) is 35. The van der Waals surface area contributed by atoms with Crippen molar-refractivity contribution < 1.29 is 124 Å². The Labute approximate surface area is 726 Å². The van der Waals surface area contributed by atoms with E-state index < -0.39 is 87.7 Å². The first-order chi connectivity index (χ1) is 60.5. The molecular formula is C79H85B3N14O27S3. The van der Waals surface area contributed by atoms with Crippen molar-refractivity contribution in [2.45, 2.75) is 0 Å². The summed E-state index contributed by atoms with van der Waals surface area (Å²) in [6.45, 7) is 0. The molecule has 41 nitrogen and oxygen atoms in total. The summed E-state index contributed by atoms with van der Waals surface area (Å²) in [7, 11) is 5.49. The number of methoxy groups -OCH3 is 15. The monoisotopic (exact) mass is 1790 g/mol. The predicted octanol–water partition coefficient (Wildman–Crippen LogP) is 8.58. The highest BCUT2D eigenvalue weighted by Crippen LogP contribution is 2.34. The van der Waals surface area contributed by atoms with Crippen LogP contribution >= 0.6 is 0 Å². The molecule has 1 aliphatic rings. The van der Waals surface area contributed by atoms with Crippen LogP contribution < -0.4 is 118 Å². The van der Waals surface area contributed by atoms with Crippen molar-refractivity contribution in [2.75, 3.05) is 151 Å². The van der Waals surface area contributed by atoms with Crippen LogP contribution in [0.2, 0.25) is 0 Å². The molecule has 9 aromatic carbocycles. The van der Waals surface area contributed by atoms with E-state index in [-0.39, 0.29) is 57.5 Å². The van der Waals surface area contributed by atoms with E-state index in [0.29, 0.717) is 79.9 Å². The first-order valence-corrected chi connectivity index (χ1v) is 41.2. The van der Waals surface area contributed by atoms with E-state index in [2.05, 4.69) is 55.0 Å². The van der Waals surface area contributed by atoms with Crippen LogP contribution in [0.3, 0.4) is 0 Å². The second-order valence-electron chi connectivity index (χ2n) is 25.5. The van der Waals surface area contributed by atoms with Gasteiger partial charge in [0.05, 0.1) is 140 Å². The summed E-state index contributed by atoms with van der Waals surface area (Å²) in [5.74, 6) is 2.42. The first kappa shape index (κ1) is 93.5. The number of rotatable bonds is 36. The average Bonchev–Trinajstić information content (AvgIpc) is 0.727. The third-order valence-corrected chi connectivity index (χ3v) is 20.2. The second kappa shape index (κ2) is 43.3. The lowest BCUT2D eigenvalue weighted by Crippen LogP contribution is -2.61. The van der Waals surface area contributed by atoms with Crippen LogP contribution in [0.1, 0.15) is 31.1 Å². The fourth-order valence-electron chi connectivity index (χ4n) is 11.4. The minimum absolute atomic E-state index is 0.00885. The van der Waals surface area contributed by atoms with Gasteiger partial charge in [-0.1, -0.05) is 18.2 Å². The van der Waals surface area contributed by atoms with E-state index in [4.69, 9.17) is 84.8 Å². The number of nitrogens with one attached hydrogen (secondary N) is 9. The van der Waals surface area contributed by atoms with Gasteiger partial charge in [-0.05, 0) is 126 Å². The zero-order valence-electron chi connectivity index (χ0n) is 70.1. The van der Waals surface area contributed by atoms with Gasteiger partial charge >= 0.3 is 69.9 Å². The number of carbonyl (C=O) groups is 3. The number of benzene rings is 9. The minimum Gasteiger partial charge on any atom is -0.497 e. The highest BCUT2D eigenvalue weighted by Gasteiger charge is 2.44. The van der Waals surface area contributed by atoms with Gasteiger partial charge in [0, 0.05) is 77.7 Å². The highest BCUT2D eigenvalue weighted by molar-refractivity contribution is 7.94. The molecule has 12 rings (SSSR count). The number of nitrogens with zero attached hydrogens (tertiary/aromatic N) is 5. The van der Waals surface area contributed by atoms with E-state index >= 15 is 0 Å². The largest absolute Gasteiger partial charge is 0.497 e. The Morgan fingerprint density at radius 2 is 0.500 bits per heavy atom. The van der Waals surface area contributed by atoms with Gasteiger partial charge in [0.25, 0.3) is 0 Å². The third-order valence-electron chi connectivity index (χ3n) is 17.3. The number of ether oxygens (including phenoxy) is 15. The van der Waals surface area contributed by atoms with Gasteiger partial charge < -0.3 is 101 Å². The summed E-state index contributed by atoms with van der Waals surface area (Å²) in [5, 5.41) is 9.52. The maximum absolute atomic E-state index is 13.1. The number of hydrogen-bond donors (Lipinski definition) is 9. The maximum atomic E-state index is 13.1. The van der Waals surface area contributed by atoms with Gasteiger partial charge in [0.1, 0.15) is 46.1 Å². The Morgan fingerprint density at radius 1 is 0.254 bits per heavy atom. The molecule has 1 fully saturated rings. The summed E-state index contributed by atoms with van der Waals surface area (Å²) in [5.41, 5.74) is 5.42. The van der Waals surface area contributed by atoms with Crippen LogP contribution in [0.5, 0.6) is 69.0 Å². The van der Waals surface area contributed by atoms with Crippen LogP contribution in [0, 0.1) is 0 Å². The molecule has 9 N–H and O–H groups in total. The number of anilines is 12. The summed E-state index contributed by atoms with van der Waals surface area (Å²) < 4.78 is 188. The molecule has 1 aliphatic heterocycles. The zero-order chi connectivity index (χ0) is 90.8. The third kappa shape index (κ3) is 25.9. The molecule has 11 aromatic rings. The summed E-state index contributed by atoms with van der Waals surface area (Å²) >= 11 is 0. The van der Waals surface area contributed by atoms with Crippen molar-refractivity contribution in [3.8, 4) is 69.0 Å². The molecule has 0 aliphatic carbocycles. The molecule has 0 unspecified atom stereocenters. The van der Waals surface area contributed by atoms with Gasteiger partial charge in [0.15, 0.2) is 34.5 Å².